The highest BCUT2D eigenvalue weighted by molar-refractivity contribution is 9.10. The predicted molar refractivity (Wildman–Crippen MR) is 89.4 cm³/mol. The van der Waals surface area contributed by atoms with Crippen molar-refractivity contribution in [1.82, 2.24) is 0 Å². The fourth-order valence-corrected chi connectivity index (χ4v) is 3.00. The second-order valence-electron chi connectivity index (χ2n) is 5.78. The van der Waals surface area contributed by atoms with Crippen LogP contribution in [0, 0.1) is 5.41 Å². The number of para-hydroxylation sites is 1. The van der Waals surface area contributed by atoms with Crippen LogP contribution < -0.4 is 4.90 Å². The van der Waals surface area contributed by atoms with Gasteiger partial charge in [0.2, 0.25) is 5.91 Å². The molecule has 2 aromatic rings. The molecule has 0 spiro atoms. The molecule has 0 atom stereocenters. The van der Waals surface area contributed by atoms with E-state index in [1.807, 2.05) is 49.5 Å². The minimum Gasteiger partial charge on any atom is -0.315 e. The number of amides is 1. The summed E-state index contributed by atoms with van der Waals surface area (Å²) in [5, 5.41) is 0. The molecule has 21 heavy (non-hydrogen) atoms. The van der Waals surface area contributed by atoms with E-state index in [0.29, 0.717) is 0 Å². The third kappa shape index (κ3) is 3.03. The second kappa shape index (κ2) is 5.64. The fourth-order valence-electron chi connectivity index (χ4n) is 2.73. The third-order valence-electron chi connectivity index (χ3n) is 4.21. The molecule has 0 unspecified atom stereocenters. The zero-order chi connectivity index (χ0) is 14.9. The Morgan fingerprint density at radius 2 is 1.71 bits per heavy atom. The van der Waals surface area contributed by atoms with Crippen LogP contribution in [-0.2, 0) is 11.2 Å². The van der Waals surface area contributed by atoms with Crippen LogP contribution in [0.3, 0.4) is 0 Å². The minimum atomic E-state index is -0.196. The lowest BCUT2D eigenvalue weighted by atomic mass is 9.95. The summed E-state index contributed by atoms with van der Waals surface area (Å²) < 4.78 is 1.07. The monoisotopic (exact) mass is 343 g/mol. The number of carbonyl (C=O) groups excluding carboxylic acids is 1. The number of halogens is 1. The molecule has 0 radical (unpaired) electrons. The van der Waals surface area contributed by atoms with Crippen molar-refractivity contribution in [2.75, 3.05) is 11.9 Å². The van der Waals surface area contributed by atoms with Gasteiger partial charge in [-0.15, -0.1) is 0 Å². The molecule has 1 aliphatic carbocycles. The quantitative estimate of drug-likeness (QED) is 0.803. The summed E-state index contributed by atoms with van der Waals surface area (Å²) in [4.78, 5) is 14.6. The Hall–Kier alpha value is -1.61. The third-order valence-corrected chi connectivity index (χ3v) is 4.74. The molecule has 0 aromatic heterocycles. The summed E-state index contributed by atoms with van der Waals surface area (Å²) in [5.41, 5.74) is 1.99. The highest BCUT2D eigenvalue weighted by Crippen LogP contribution is 2.50. The van der Waals surface area contributed by atoms with Gasteiger partial charge in [-0.1, -0.05) is 46.3 Å². The van der Waals surface area contributed by atoms with E-state index in [-0.39, 0.29) is 11.3 Å². The lowest BCUT2D eigenvalue weighted by Crippen LogP contribution is -2.35. The van der Waals surface area contributed by atoms with Gasteiger partial charge in [0, 0.05) is 17.2 Å². The summed E-state index contributed by atoms with van der Waals surface area (Å²) in [5.74, 6) is 0.233. The number of hydrogen-bond donors (Lipinski definition) is 0. The van der Waals surface area contributed by atoms with E-state index < -0.39 is 0 Å². The van der Waals surface area contributed by atoms with Crippen LogP contribution in [0.25, 0.3) is 0 Å². The highest BCUT2D eigenvalue weighted by Gasteiger charge is 2.51. The summed E-state index contributed by atoms with van der Waals surface area (Å²) in [6.45, 7) is 0. The highest BCUT2D eigenvalue weighted by atomic mass is 79.9. The molecule has 108 valence electrons. The van der Waals surface area contributed by atoms with Gasteiger partial charge in [-0.25, -0.2) is 0 Å². The van der Waals surface area contributed by atoms with Gasteiger partial charge >= 0.3 is 0 Å². The van der Waals surface area contributed by atoms with Crippen molar-refractivity contribution in [1.29, 1.82) is 0 Å². The van der Waals surface area contributed by atoms with E-state index in [9.17, 15) is 4.79 Å². The van der Waals surface area contributed by atoms with Crippen LogP contribution in [-0.4, -0.2) is 13.0 Å². The van der Waals surface area contributed by atoms with Crippen LogP contribution in [0.4, 0.5) is 5.69 Å². The molecular weight excluding hydrogens is 326 g/mol. The van der Waals surface area contributed by atoms with Crippen LogP contribution in [0.2, 0.25) is 0 Å². The van der Waals surface area contributed by atoms with Gasteiger partial charge in [0.25, 0.3) is 0 Å². The molecule has 1 aliphatic rings. The molecule has 2 aromatic carbocycles. The van der Waals surface area contributed by atoms with Gasteiger partial charge in [-0.05, 0) is 49.1 Å². The topological polar surface area (TPSA) is 20.3 Å². The Balaban J connectivity index is 1.76. The number of hydrogen-bond acceptors (Lipinski definition) is 1. The van der Waals surface area contributed by atoms with Crippen LogP contribution in [0.15, 0.2) is 59.1 Å². The lowest BCUT2D eigenvalue weighted by Gasteiger charge is -2.23. The number of rotatable bonds is 4. The first-order chi connectivity index (χ1) is 10.1. The molecule has 1 fully saturated rings. The molecule has 3 heteroatoms. The van der Waals surface area contributed by atoms with E-state index in [4.69, 9.17) is 0 Å². The van der Waals surface area contributed by atoms with Crippen molar-refractivity contribution in [3.05, 3.63) is 64.6 Å². The second-order valence-corrected chi connectivity index (χ2v) is 6.70. The lowest BCUT2D eigenvalue weighted by molar-refractivity contribution is -0.123. The summed E-state index contributed by atoms with van der Waals surface area (Å²) in [6, 6.07) is 18.1. The molecule has 0 saturated heterocycles. The van der Waals surface area contributed by atoms with Crippen LogP contribution in [0.1, 0.15) is 18.4 Å². The molecule has 3 rings (SSSR count). The maximum atomic E-state index is 12.8. The van der Waals surface area contributed by atoms with Gasteiger partial charge in [-0.2, -0.15) is 0 Å². The largest absolute Gasteiger partial charge is 0.315 e. The molecule has 2 nitrogen and oxygen atoms in total. The van der Waals surface area contributed by atoms with Crippen molar-refractivity contribution in [3.63, 3.8) is 0 Å². The number of benzene rings is 2. The molecule has 1 amide bonds. The van der Waals surface area contributed by atoms with Gasteiger partial charge in [-0.3, -0.25) is 4.79 Å². The van der Waals surface area contributed by atoms with Gasteiger partial charge < -0.3 is 4.90 Å². The van der Waals surface area contributed by atoms with E-state index in [2.05, 4.69) is 28.1 Å². The summed E-state index contributed by atoms with van der Waals surface area (Å²) >= 11 is 3.45. The molecule has 0 N–H and O–H groups in total. The Bertz CT molecular complexity index is 632. The predicted octanol–water partition coefficient (Wildman–Crippen LogP) is 4.43. The van der Waals surface area contributed by atoms with Crippen molar-refractivity contribution < 1.29 is 4.79 Å². The Kier molecular flexibility index (Phi) is 3.85. The SMILES string of the molecule is CN(C(=O)C1(Cc2ccc(Br)cc2)CC1)c1ccccc1. The van der Waals surface area contributed by atoms with Crippen molar-refractivity contribution in [2.24, 2.45) is 5.41 Å². The average molecular weight is 344 g/mol. The number of nitrogens with zero attached hydrogens (tertiary/aromatic N) is 1. The van der Waals surface area contributed by atoms with Crippen molar-refractivity contribution in [3.8, 4) is 0 Å². The van der Waals surface area contributed by atoms with E-state index in [0.717, 1.165) is 29.4 Å². The summed E-state index contributed by atoms with van der Waals surface area (Å²) in [6.07, 6.45) is 2.80. The van der Waals surface area contributed by atoms with E-state index in [1.165, 1.54) is 5.56 Å². The zero-order valence-corrected chi connectivity index (χ0v) is 13.6. The van der Waals surface area contributed by atoms with Crippen LogP contribution >= 0.6 is 15.9 Å². The number of anilines is 1. The van der Waals surface area contributed by atoms with Gasteiger partial charge in [0.1, 0.15) is 0 Å². The summed E-state index contributed by atoms with van der Waals surface area (Å²) in [7, 11) is 1.87. The van der Waals surface area contributed by atoms with E-state index >= 15 is 0 Å². The maximum absolute atomic E-state index is 12.8. The van der Waals surface area contributed by atoms with E-state index in [1.54, 1.807) is 4.90 Å². The molecule has 0 bridgehead atoms. The first kappa shape index (κ1) is 14.3. The first-order valence-corrected chi connectivity index (χ1v) is 7.98. The first-order valence-electron chi connectivity index (χ1n) is 7.18. The Labute approximate surface area is 133 Å². The fraction of sp³-hybridized carbons (Fsp3) is 0.278. The van der Waals surface area contributed by atoms with Crippen LogP contribution in [0.5, 0.6) is 0 Å². The standard InChI is InChI=1S/C18H18BrNO/c1-20(16-5-3-2-4-6-16)17(21)18(11-12-18)13-14-7-9-15(19)10-8-14/h2-10H,11-13H2,1H3. The normalized spacial score (nSPS) is 15.5. The maximum Gasteiger partial charge on any atom is 0.233 e. The molecular formula is C18H18BrNO. The molecule has 1 saturated carbocycles. The Morgan fingerprint density at radius 3 is 2.29 bits per heavy atom. The molecule has 0 aliphatic heterocycles. The van der Waals surface area contributed by atoms with Crippen molar-refractivity contribution in [2.45, 2.75) is 19.3 Å². The zero-order valence-electron chi connectivity index (χ0n) is 12.1. The smallest absolute Gasteiger partial charge is 0.233 e. The van der Waals surface area contributed by atoms with Gasteiger partial charge in [0.15, 0.2) is 0 Å². The Morgan fingerprint density at radius 1 is 1.10 bits per heavy atom. The van der Waals surface area contributed by atoms with Gasteiger partial charge in [0.05, 0.1) is 5.41 Å². The number of carbonyl (C=O) groups is 1. The molecule has 0 heterocycles. The minimum absolute atomic E-state index is 0.196. The average Bonchev–Trinajstić information content (AvgIpc) is 3.30. The van der Waals surface area contributed by atoms with Crippen molar-refractivity contribution >= 4 is 27.5 Å².